The summed E-state index contributed by atoms with van der Waals surface area (Å²) in [5, 5.41) is 11.4. The maximum Gasteiger partial charge on any atom is 0.337 e. The number of thiophene rings is 1. The Bertz CT molecular complexity index is 991. The molecule has 1 heterocycles. The number of aryl methyl sites for hydroxylation is 1. The second-order valence-electron chi connectivity index (χ2n) is 7.76. The van der Waals surface area contributed by atoms with Gasteiger partial charge in [0.05, 0.1) is 5.57 Å². The number of aliphatic carboxylic acids is 1. The van der Waals surface area contributed by atoms with Gasteiger partial charge in [-0.25, -0.2) is 4.79 Å². The number of carboxylic acid groups (broad SMARTS) is 1. The lowest BCUT2D eigenvalue weighted by Gasteiger charge is -2.23. The third-order valence-corrected chi connectivity index (χ3v) is 5.28. The Morgan fingerprint density at radius 2 is 1.79 bits per heavy atom. The van der Waals surface area contributed by atoms with E-state index >= 15 is 0 Å². The van der Waals surface area contributed by atoms with Crippen LogP contribution >= 0.6 is 11.3 Å². The van der Waals surface area contributed by atoms with E-state index in [1.54, 1.807) is 6.08 Å². The maximum absolute atomic E-state index is 11.6. The van der Waals surface area contributed by atoms with Crippen molar-refractivity contribution < 1.29 is 14.6 Å². The molecular weight excluding hydrogens is 368 g/mol. The van der Waals surface area contributed by atoms with Crippen molar-refractivity contribution in [3.8, 4) is 11.5 Å². The summed E-state index contributed by atoms with van der Waals surface area (Å²) in [5.74, 6) is 0.638. The predicted molar refractivity (Wildman–Crippen MR) is 116 cm³/mol. The first kappa shape index (κ1) is 19.9. The van der Waals surface area contributed by atoms with E-state index in [0.29, 0.717) is 0 Å². The molecule has 0 atom stereocenters. The molecule has 2 aromatic carbocycles. The van der Waals surface area contributed by atoms with Crippen LogP contribution in [0.3, 0.4) is 0 Å². The van der Waals surface area contributed by atoms with E-state index in [9.17, 15) is 9.90 Å². The Morgan fingerprint density at radius 1 is 1.07 bits per heavy atom. The van der Waals surface area contributed by atoms with E-state index in [-0.39, 0.29) is 11.0 Å². The van der Waals surface area contributed by atoms with E-state index in [4.69, 9.17) is 4.74 Å². The molecule has 0 fully saturated rings. The molecule has 0 spiro atoms. The molecule has 0 radical (unpaired) electrons. The van der Waals surface area contributed by atoms with Gasteiger partial charge in [-0.05, 0) is 59.2 Å². The van der Waals surface area contributed by atoms with Gasteiger partial charge in [0.2, 0.25) is 0 Å². The molecule has 4 heteroatoms. The quantitative estimate of drug-likeness (QED) is 0.487. The highest BCUT2D eigenvalue weighted by Crippen LogP contribution is 2.35. The monoisotopic (exact) mass is 392 g/mol. The van der Waals surface area contributed by atoms with Crippen molar-refractivity contribution in [3.05, 3.63) is 81.5 Å². The van der Waals surface area contributed by atoms with Gasteiger partial charge in [-0.2, -0.15) is 0 Å². The molecule has 1 N–H and O–H groups in total. The van der Waals surface area contributed by atoms with Crippen molar-refractivity contribution in [2.45, 2.75) is 33.1 Å². The van der Waals surface area contributed by atoms with Crippen LogP contribution in [0.25, 0.3) is 11.6 Å². The van der Waals surface area contributed by atoms with E-state index in [0.717, 1.165) is 33.1 Å². The van der Waals surface area contributed by atoms with Crippen molar-refractivity contribution in [1.29, 1.82) is 0 Å². The molecule has 144 valence electrons. The highest BCUT2D eigenvalue weighted by atomic mass is 32.1. The summed E-state index contributed by atoms with van der Waals surface area (Å²) in [4.78, 5) is 12.3. The molecule has 0 saturated carbocycles. The number of hydrogen-bond donors (Lipinski definition) is 1. The molecule has 0 saturated heterocycles. The topological polar surface area (TPSA) is 46.5 Å². The zero-order valence-electron chi connectivity index (χ0n) is 16.5. The van der Waals surface area contributed by atoms with Crippen LogP contribution in [0.4, 0.5) is 0 Å². The minimum Gasteiger partial charge on any atom is -0.478 e. The van der Waals surface area contributed by atoms with Crippen LogP contribution in [0.1, 0.15) is 42.3 Å². The Hall–Kier alpha value is -2.85. The Labute approximate surface area is 169 Å². The van der Waals surface area contributed by atoms with Crippen molar-refractivity contribution in [2.75, 3.05) is 0 Å². The fraction of sp³-hybridized carbons (Fsp3) is 0.208. The molecule has 0 bridgehead atoms. The summed E-state index contributed by atoms with van der Waals surface area (Å²) in [7, 11) is 0. The number of ether oxygens (including phenoxy) is 1. The van der Waals surface area contributed by atoms with Gasteiger partial charge in [-0.15, -0.1) is 11.3 Å². The molecule has 0 aliphatic carbocycles. The first-order valence-corrected chi connectivity index (χ1v) is 10.00. The molecule has 3 rings (SSSR count). The molecule has 3 aromatic rings. The average Bonchev–Trinajstić information content (AvgIpc) is 3.14. The van der Waals surface area contributed by atoms with E-state index in [1.165, 1.54) is 11.3 Å². The number of carboxylic acids is 1. The molecular formula is C24H24O3S. The lowest BCUT2D eigenvalue weighted by molar-refractivity contribution is -0.130. The molecule has 0 aliphatic heterocycles. The van der Waals surface area contributed by atoms with Gasteiger partial charge in [-0.3, -0.25) is 0 Å². The summed E-state index contributed by atoms with van der Waals surface area (Å²) in [6.07, 6.45) is 1.69. The highest BCUT2D eigenvalue weighted by molar-refractivity contribution is 7.11. The summed E-state index contributed by atoms with van der Waals surface area (Å²) in [6.45, 7) is 8.54. The maximum atomic E-state index is 11.6. The van der Waals surface area contributed by atoms with Crippen LogP contribution in [-0.2, 0) is 10.2 Å². The van der Waals surface area contributed by atoms with Gasteiger partial charge in [0.15, 0.2) is 0 Å². The van der Waals surface area contributed by atoms with Gasteiger partial charge >= 0.3 is 5.97 Å². The Morgan fingerprint density at radius 3 is 2.36 bits per heavy atom. The van der Waals surface area contributed by atoms with Gasteiger partial charge < -0.3 is 9.84 Å². The third-order valence-electron chi connectivity index (χ3n) is 4.38. The number of benzene rings is 2. The van der Waals surface area contributed by atoms with Crippen molar-refractivity contribution in [2.24, 2.45) is 0 Å². The summed E-state index contributed by atoms with van der Waals surface area (Å²) in [5.41, 5.74) is 3.37. The highest BCUT2D eigenvalue weighted by Gasteiger charge is 2.19. The third kappa shape index (κ3) is 4.70. The summed E-state index contributed by atoms with van der Waals surface area (Å²) in [6, 6.07) is 17.4. The normalized spacial score (nSPS) is 12.1. The van der Waals surface area contributed by atoms with Gasteiger partial charge in [0.1, 0.15) is 11.5 Å². The Kier molecular flexibility index (Phi) is 5.71. The molecule has 1 aromatic heterocycles. The van der Waals surface area contributed by atoms with Crippen LogP contribution in [-0.4, -0.2) is 11.1 Å². The smallest absolute Gasteiger partial charge is 0.337 e. The standard InChI is InChI=1S/C24H24O3S/c1-16-7-12-20(24(2,3)4)21(14-16)27-18-10-8-17(9-11-18)15-19(23(25)26)22-6-5-13-28-22/h5-15H,1-4H3,(H,25,26)/b19-15-. The fourth-order valence-corrected chi connectivity index (χ4v) is 3.66. The van der Waals surface area contributed by atoms with Crippen LogP contribution < -0.4 is 4.74 Å². The minimum atomic E-state index is -0.933. The number of rotatable bonds is 5. The van der Waals surface area contributed by atoms with E-state index < -0.39 is 5.97 Å². The molecule has 0 aliphatic rings. The first-order valence-electron chi connectivity index (χ1n) is 9.12. The lowest BCUT2D eigenvalue weighted by Crippen LogP contribution is -2.12. The van der Waals surface area contributed by atoms with Crippen LogP contribution in [0.15, 0.2) is 60.0 Å². The van der Waals surface area contributed by atoms with Crippen LogP contribution in [0.2, 0.25) is 0 Å². The van der Waals surface area contributed by atoms with Crippen LogP contribution in [0, 0.1) is 6.92 Å². The van der Waals surface area contributed by atoms with Crippen molar-refractivity contribution >= 4 is 29.0 Å². The lowest BCUT2D eigenvalue weighted by atomic mass is 9.86. The molecule has 28 heavy (non-hydrogen) atoms. The van der Waals surface area contributed by atoms with Crippen molar-refractivity contribution in [3.63, 3.8) is 0 Å². The first-order chi connectivity index (χ1) is 13.2. The van der Waals surface area contributed by atoms with Crippen LogP contribution in [0.5, 0.6) is 11.5 Å². The second kappa shape index (κ2) is 8.03. The second-order valence-corrected chi connectivity index (χ2v) is 8.71. The van der Waals surface area contributed by atoms with Crippen molar-refractivity contribution in [1.82, 2.24) is 0 Å². The average molecular weight is 393 g/mol. The molecule has 0 unspecified atom stereocenters. The Balaban J connectivity index is 1.87. The summed E-state index contributed by atoms with van der Waals surface area (Å²) < 4.78 is 6.16. The van der Waals surface area contributed by atoms with Gasteiger partial charge in [0.25, 0.3) is 0 Å². The number of hydrogen-bond acceptors (Lipinski definition) is 3. The zero-order valence-corrected chi connectivity index (χ0v) is 17.3. The van der Waals surface area contributed by atoms with Gasteiger partial charge in [-0.1, -0.05) is 51.1 Å². The number of carbonyl (C=O) groups is 1. The molecule has 0 amide bonds. The van der Waals surface area contributed by atoms with Gasteiger partial charge in [0, 0.05) is 10.4 Å². The SMILES string of the molecule is Cc1ccc(C(C)(C)C)c(Oc2ccc(/C=C(\C(=O)O)c3cccs3)cc2)c1. The summed E-state index contributed by atoms with van der Waals surface area (Å²) >= 11 is 1.41. The molecule has 3 nitrogen and oxygen atoms in total. The minimum absolute atomic E-state index is 0.0250. The predicted octanol–water partition coefficient (Wildman–Crippen LogP) is 6.77. The fourth-order valence-electron chi connectivity index (χ4n) is 2.93. The van der Waals surface area contributed by atoms with E-state index in [1.807, 2.05) is 54.8 Å². The van der Waals surface area contributed by atoms with E-state index in [2.05, 4.69) is 32.9 Å². The zero-order chi connectivity index (χ0) is 20.3. The largest absolute Gasteiger partial charge is 0.478 e.